The van der Waals surface area contributed by atoms with Crippen molar-refractivity contribution in [3.05, 3.63) is 35.1 Å². The predicted molar refractivity (Wildman–Crippen MR) is 83.6 cm³/mol. The first-order chi connectivity index (χ1) is 10.3. The number of carbonyl (C=O) groups is 2. The lowest BCUT2D eigenvalue weighted by atomic mass is 10.0. The largest absolute Gasteiger partial charge is 0.464 e. The SMILES string of the molecule is Cc1cc2occ(CC(=O)O[C@@H](C)C(=O)N(C)C)c2cc1C. The predicted octanol–water partition coefficient (Wildman–Crippen LogP) is 2.61. The number of amides is 1. The standard InChI is InChI=1S/C17H21NO4/c1-10-6-14-13(9-21-15(14)7-11(10)2)8-16(19)22-12(3)17(20)18(4)5/h6-7,9,12H,8H2,1-5H3/t12-/m0/s1. The third kappa shape index (κ3) is 3.30. The molecular formula is C17H21NO4. The minimum absolute atomic E-state index is 0.0839. The van der Waals surface area contributed by atoms with E-state index in [9.17, 15) is 9.59 Å². The van der Waals surface area contributed by atoms with Crippen molar-refractivity contribution < 1.29 is 18.7 Å². The molecule has 0 bridgehead atoms. The topological polar surface area (TPSA) is 59.8 Å². The van der Waals surface area contributed by atoms with E-state index in [-0.39, 0.29) is 12.3 Å². The van der Waals surface area contributed by atoms with Gasteiger partial charge in [-0.15, -0.1) is 0 Å². The Morgan fingerprint density at radius 1 is 1.23 bits per heavy atom. The van der Waals surface area contributed by atoms with E-state index in [0.29, 0.717) is 0 Å². The Morgan fingerprint density at radius 2 is 1.86 bits per heavy atom. The van der Waals surface area contributed by atoms with Crippen LogP contribution in [0.5, 0.6) is 0 Å². The van der Waals surface area contributed by atoms with Gasteiger partial charge in [-0.25, -0.2) is 0 Å². The molecule has 0 unspecified atom stereocenters. The second-order valence-corrected chi connectivity index (χ2v) is 5.74. The summed E-state index contributed by atoms with van der Waals surface area (Å²) in [6.45, 7) is 5.60. The summed E-state index contributed by atoms with van der Waals surface area (Å²) in [5, 5.41) is 0.909. The molecule has 0 saturated carbocycles. The van der Waals surface area contributed by atoms with E-state index in [4.69, 9.17) is 9.15 Å². The Hall–Kier alpha value is -2.30. The summed E-state index contributed by atoms with van der Waals surface area (Å²) >= 11 is 0. The molecule has 0 radical (unpaired) electrons. The van der Waals surface area contributed by atoms with Crippen molar-refractivity contribution in [3.63, 3.8) is 0 Å². The second-order valence-electron chi connectivity index (χ2n) is 5.74. The number of likely N-dealkylation sites (N-methyl/N-ethyl adjacent to an activating group) is 1. The van der Waals surface area contributed by atoms with E-state index >= 15 is 0 Å². The lowest BCUT2D eigenvalue weighted by Crippen LogP contribution is -2.35. The molecule has 0 saturated heterocycles. The second kappa shape index (κ2) is 6.22. The van der Waals surface area contributed by atoms with Crippen LogP contribution in [0.25, 0.3) is 11.0 Å². The highest BCUT2D eigenvalue weighted by molar-refractivity contribution is 5.88. The maximum absolute atomic E-state index is 12.0. The average molecular weight is 303 g/mol. The Bertz CT molecular complexity index is 715. The lowest BCUT2D eigenvalue weighted by Gasteiger charge is -2.17. The van der Waals surface area contributed by atoms with Crippen molar-refractivity contribution in [2.45, 2.75) is 33.3 Å². The fraction of sp³-hybridized carbons (Fsp3) is 0.412. The van der Waals surface area contributed by atoms with Gasteiger partial charge in [0, 0.05) is 25.0 Å². The van der Waals surface area contributed by atoms with Crippen LogP contribution in [0, 0.1) is 13.8 Å². The zero-order chi connectivity index (χ0) is 16.4. The number of fused-ring (bicyclic) bond motifs is 1. The van der Waals surface area contributed by atoms with Gasteiger partial charge in [0.15, 0.2) is 6.10 Å². The molecule has 2 aromatic rings. The molecule has 1 aromatic carbocycles. The number of carbonyl (C=O) groups excluding carboxylic acids is 2. The third-order valence-corrected chi connectivity index (χ3v) is 3.70. The van der Waals surface area contributed by atoms with Gasteiger partial charge in [-0.3, -0.25) is 9.59 Å². The molecule has 118 valence electrons. The fourth-order valence-corrected chi connectivity index (χ4v) is 2.28. The van der Waals surface area contributed by atoms with Crippen LogP contribution in [0.1, 0.15) is 23.6 Å². The molecule has 0 N–H and O–H groups in total. The van der Waals surface area contributed by atoms with Crippen molar-refractivity contribution in [1.29, 1.82) is 0 Å². The molecule has 1 atom stereocenters. The lowest BCUT2D eigenvalue weighted by molar-refractivity contribution is -0.157. The number of benzene rings is 1. The van der Waals surface area contributed by atoms with Gasteiger partial charge < -0.3 is 14.1 Å². The Labute approximate surface area is 129 Å². The third-order valence-electron chi connectivity index (χ3n) is 3.70. The number of aryl methyl sites for hydroxylation is 2. The molecular weight excluding hydrogens is 282 g/mol. The van der Waals surface area contributed by atoms with Gasteiger partial charge in [0.2, 0.25) is 0 Å². The number of hydrogen-bond donors (Lipinski definition) is 0. The van der Waals surface area contributed by atoms with Crippen molar-refractivity contribution in [1.82, 2.24) is 4.90 Å². The molecule has 0 aliphatic heterocycles. The molecule has 0 aliphatic rings. The minimum Gasteiger partial charge on any atom is -0.464 e. The first kappa shape index (κ1) is 16.1. The van der Waals surface area contributed by atoms with Crippen LogP contribution in [0.2, 0.25) is 0 Å². The number of nitrogens with zero attached hydrogens (tertiary/aromatic N) is 1. The van der Waals surface area contributed by atoms with Gasteiger partial charge in [0.25, 0.3) is 5.91 Å². The number of esters is 1. The van der Waals surface area contributed by atoms with Crippen LogP contribution in [0.3, 0.4) is 0 Å². The van der Waals surface area contributed by atoms with E-state index in [1.807, 2.05) is 26.0 Å². The number of rotatable bonds is 4. The molecule has 5 heteroatoms. The van der Waals surface area contributed by atoms with Gasteiger partial charge >= 0.3 is 5.97 Å². The summed E-state index contributed by atoms with van der Waals surface area (Å²) in [5.74, 6) is -0.680. The first-order valence-corrected chi connectivity index (χ1v) is 7.17. The van der Waals surface area contributed by atoms with Gasteiger partial charge in [-0.05, 0) is 44.0 Å². The molecule has 22 heavy (non-hydrogen) atoms. The van der Waals surface area contributed by atoms with E-state index in [1.165, 1.54) is 4.90 Å². The highest BCUT2D eigenvalue weighted by Gasteiger charge is 2.20. The zero-order valence-electron chi connectivity index (χ0n) is 13.6. The molecule has 0 aliphatic carbocycles. The van der Waals surface area contributed by atoms with Gasteiger partial charge in [-0.1, -0.05) is 0 Å². The first-order valence-electron chi connectivity index (χ1n) is 7.17. The Balaban J connectivity index is 2.12. The molecule has 5 nitrogen and oxygen atoms in total. The molecule has 0 spiro atoms. The summed E-state index contributed by atoms with van der Waals surface area (Å²) in [7, 11) is 3.25. The van der Waals surface area contributed by atoms with E-state index in [1.54, 1.807) is 27.3 Å². The molecule has 1 heterocycles. The van der Waals surface area contributed by atoms with Crippen LogP contribution in [-0.2, 0) is 20.7 Å². The monoisotopic (exact) mass is 303 g/mol. The number of hydrogen-bond acceptors (Lipinski definition) is 4. The van der Waals surface area contributed by atoms with Crippen LogP contribution >= 0.6 is 0 Å². The molecule has 2 rings (SSSR count). The maximum Gasteiger partial charge on any atom is 0.311 e. The quantitative estimate of drug-likeness (QED) is 0.815. The summed E-state index contributed by atoms with van der Waals surface area (Å²) in [6, 6.07) is 3.96. The Morgan fingerprint density at radius 3 is 2.50 bits per heavy atom. The van der Waals surface area contributed by atoms with Gasteiger partial charge in [0.1, 0.15) is 5.58 Å². The summed E-state index contributed by atoms with van der Waals surface area (Å²) < 4.78 is 10.7. The number of ether oxygens (including phenoxy) is 1. The minimum atomic E-state index is -0.787. The van der Waals surface area contributed by atoms with Crippen LogP contribution < -0.4 is 0 Å². The molecule has 1 amide bonds. The summed E-state index contributed by atoms with van der Waals surface area (Å²) in [6.07, 6.45) is 0.869. The summed E-state index contributed by atoms with van der Waals surface area (Å²) in [4.78, 5) is 25.1. The van der Waals surface area contributed by atoms with Crippen molar-refractivity contribution in [3.8, 4) is 0 Å². The Kier molecular flexibility index (Phi) is 4.54. The van der Waals surface area contributed by atoms with Crippen LogP contribution in [0.15, 0.2) is 22.8 Å². The highest BCUT2D eigenvalue weighted by atomic mass is 16.5. The number of furan rings is 1. The van der Waals surface area contributed by atoms with E-state index in [2.05, 4.69) is 0 Å². The maximum atomic E-state index is 12.0. The smallest absolute Gasteiger partial charge is 0.311 e. The fourth-order valence-electron chi connectivity index (χ4n) is 2.28. The molecule has 1 aromatic heterocycles. The van der Waals surface area contributed by atoms with E-state index in [0.717, 1.165) is 27.7 Å². The van der Waals surface area contributed by atoms with Gasteiger partial charge in [0.05, 0.1) is 12.7 Å². The highest BCUT2D eigenvalue weighted by Crippen LogP contribution is 2.25. The van der Waals surface area contributed by atoms with Crippen LogP contribution in [0.4, 0.5) is 0 Å². The van der Waals surface area contributed by atoms with Crippen LogP contribution in [-0.4, -0.2) is 37.0 Å². The van der Waals surface area contributed by atoms with Crippen molar-refractivity contribution in [2.75, 3.05) is 14.1 Å². The summed E-state index contributed by atoms with van der Waals surface area (Å²) in [5.41, 5.74) is 3.80. The average Bonchev–Trinajstić information content (AvgIpc) is 2.80. The zero-order valence-corrected chi connectivity index (χ0v) is 13.6. The normalized spacial score (nSPS) is 12.2. The van der Waals surface area contributed by atoms with E-state index < -0.39 is 12.1 Å². The van der Waals surface area contributed by atoms with Crippen molar-refractivity contribution >= 4 is 22.8 Å². The van der Waals surface area contributed by atoms with Gasteiger partial charge in [-0.2, -0.15) is 0 Å². The molecule has 0 fully saturated rings. The van der Waals surface area contributed by atoms with Crippen molar-refractivity contribution in [2.24, 2.45) is 0 Å².